The number of carbonyl (C=O) groups is 1. The molecule has 1 fully saturated rings. The maximum absolute atomic E-state index is 10.6. The second-order valence-electron chi connectivity index (χ2n) is 2.32. The molecule has 66 valence electrons. The molecule has 1 aliphatic heterocycles. The van der Waals surface area contributed by atoms with Crippen LogP contribution in [-0.4, -0.2) is 41.0 Å². The van der Waals surface area contributed by atoms with Crippen LogP contribution < -0.4 is 0 Å². The van der Waals surface area contributed by atoms with Crippen LogP contribution >= 0.6 is 0 Å². The van der Waals surface area contributed by atoms with E-state index in [0.29, 0.717) is 0 Å². The van der Waals surface area contributed by atoms with E-state index in [2.05, 4.69) is 14.8 Å². The van der Waals surface area contributed by atoms with Gasteiger partial charge in [-0.25, -0.2) is 4.79 Å². The Morgan fingerprint density at radius 3 is 2.75 bits per heavy atom. The fraction of sp³-hybridized carbons (Fsp3) is 0.800. The van der Waals surface area contributed by atoms with Gasteiger partial charge in [0.1, 0.15) is 12.2 Å². The van der Waals surface area contributed by atoms with Crippen LogP contribution in [-0.2, 0) is 9.53 Å². The third kappa shape index (κ3) is 1.48. The maximum Gasteiger partial charge on any atom is 0.338 e. The van der Waals surface area contributed by atoms with Gasteiger partial charge < -0.3 is 14.9 Å². The molecule has 0 aromatic heterocycles. The predicted octanol–water partition coefficient (Wildman–Crippen LogP) is -1.06. The Hall–Kier alpha value is -1.30. The molecule has 1 heterocycles. The third-order valence-corrected chi connectivity index (χ3v) is 1.54. The molecule has 0 aromatic carbocycles. The highest BCUT2D eigenvalue weighted by atomic mass is 16.6. The highest BCUT2D eigenvalue weighted by molar-refractivity contribution is 5.77. The summed E-state index contributed by atoms with van der Waals surface area (Å²) >= 11 is 0. The van der Waals surface area contributed by atoms with Gasteiger partial charge in [-0.3, -0.25) is 0 Å². The molecule has 0 aliphatic carbocycles. The van der Waals surface area contributed by atoms with Crippen molar-refractivity contribution in [2.75, 3.05) is 6.54 Å². The molecule has 0 unspecified atom stereocenters. The van der Waals surface area contributed by atoms with Crippen molar-refractivity contribution in [1.82, 2.24) is 0 Å². The topological polar surface area (TPSA) is 116 Å². The number of nitrogens with zero attached hydrogens (tertiary/aromatic N) is 3. The van der Waals surface area contributed by atoms with Gasteiger partial charge in [-0.05, 0) is 5.53 Å². The van der Waals surface area contributed by atoms with Gasteiger partial charge >= 0.3 is 5.97 Å². The average molecular weight is 173 g/mol. The molecule has 0 saturated carbocycles. The first kappa shape index (κ1) is 8.79. The molecule has 1 saturated heterocycles. The van der Waals surface area contributed by atoms with Crippen molar-refractivity contribution in [3.05, 3.63) is 10.4 Å². The summed E-state index contributed by atoms with van der Waals surface area (Å²) in [5.41, 5.74) is 7.92. The van der Waals surface area contributed by atoms with Crippen molar-refractivity contribution in [3.8, 4) is 0 Å². The Morgan fingerprint density at radius 2 is 2.33 bits per heavy atom. The number of carbonyl (C=O) groups excluding carboxylic acids is 1. The summed E-state index contributed by atoms with van der Waals surface area (Å²) in [4.78, 5) is 13.0. The quantitative estimate of drug-likeness (QED) is 0.239. The molecule has 0 amide bonds. The molecule has 0 aromatic rings. The number of aliphatic hydroxyl groups is 2. The Morgan fingerprint density at radius 1 is 1.67 bits per heavy atom. The predicted molar refractivity (Wildman–Crippen MR) is 35.9 cm³/mol. The minimum Gasteiger partial charge on any atom is -0.457 e. The van der Waals surface area contributed by atoms with Crippen LogP contribution in [0.2, 0.25) is 0 Å². The SMILES string of the molecule is [N-]=[N+]=NC[C@H]1OC(=O)[C@@H](O)[C@@H]1O. The summed E-state index contributed by atoms with van der Waals surface area (Å²) in [5, 5.41) is 21.1. The van der Waals surface area contributed by atoms with Gasteiger partial charge in [-0.1, -0.05) is 5.11 Å². The molecule has 1 rings (SSSR count). The van der Waals surface area contributed by atoms with E-state index in [1.165, 1.54) is 0 Å². The lowest BCUT2D eigenvalue weighted by atomic mass is 10.1. The lowest BCUT2D eigenvalue weighted by Crippen LogP contribution is -2.32. The largest absolute Gasteiger partial charge is 0.457 e. The molecule has 0 spiro atoms. The smallest absolute Gasteiger partial charge is 0.338 e. The second-order valence-corrected chi connectivity index (χ2v) is 2.32. The number of rotatable bonds is 2. The van der Waals surface area contributed by atoms with E-state index in [-0.39, 0.29) is 6.54 Å². The van der Waals surface area contributed by atoms with Crippen molar-refractivity contribution < 1.29 is 19.7 Å². The number of ether oxygens (including phenoxy) is 1. The minimum absolute atomic E-state index is 0.166. The number of aliphatic hydroxyl groups excluding tert-OH is 2. The number of esters is 1. The molecular formula is C5H7N3O4. The summed E-state index contributed by atoms with van der Waals surface area (Å²) in [6.45, 7) is -0.166. The van der Waals surface area contributed by atoms with E-state index in [1.807, 2.05) is 0 Å². The number of hydrogen-bond acceptors (Lipinski definition) is 5. The van der Waals surface area contributed by atoms with Gasteiger partial charge in [-0.2, -0.15) is 0 Å². The maximum atomic E-state index is 10.6. The summed E-state index contributed by atoms with van der Waals surface area (Å²) < 4.78 is 4.48. The van der Waals surface area contributed by atoms with E-state index in [0.717, 1.165) is 0 Å². The zero-order valence-corrected chi connectivity index (χ0v) is 5.99. The van der Waals surface area contributed by atoms with Crippen molar-refractivity contribution >= 4 is 5.97 Å². The summed E-state index contributed by atoms with van der Waals surface area (Å²) in [6, 6.07) is 0. The molecular weight excluding hydrogens is 166 g/mol. The van der Waals surface area contributed by atoms with Crippen LogP contribution in [0.25, 0.3) is 10.4 Å². The first-order valence-electron chi connectivity index (χ1n) is 3.24. The van der Waals surface area contributed by atoms with Crippen LogP contribution in [0.1, 0.15) is 0 Å². The van der Waals surface area contributed by atoms with E-state index >= 15 is 0 Å². The lowest BCUT2D eigenvalue weighted by molar-refractivity contribution is -0.147. The Balaban J connectivity index is 2.58. The number of cyclic esters (lactones) is 1. The van der Waals surface area contributed by atoms with Gasteiger partial charge in [0, 0.05) is 4.91 Å². The van der Waals surface area contributed by atoms with Crippen LogP contribution in [0.5, 0.6) is 0 Å². The van der Waals surface area contributed by atoms with E-state index < -0.39 is 24.3 Å². The molecule has 7 nitrogen and oxygen atoms in total. The summed E-state index contributed by atoms with van der Waals surface area (Å²) in [5.74, 6) is -0.888. The van der Waals surface area contributed by atoms with Crippen molar-refractivity contribution in [2.45, 2.75) is 18.3 Å². The van der Waals surface area contributed by atoms with Gasteiger partial charge in [0.2, 0.25) is 0 Å². The third-order valence-electron chi connectivity index (χ3n) is 1.54. The fourth-order valence-corrected chi connectivity index (χ4v) is 0.894. The second kappa shape index (κ2) is 3.40. The minimum atomic E-state index is -1.52. The molecule has 7 heteroatoms. The highest BCUT2D eigenvalue weighted by Gasteiger charge is 2.41. The molecule has 0 radical (unpaired) electrons. The first-order valence-corrected chi connectivity index (χ1v) is 3.24. The molecule has 0 bridgehead atoms. The van der Waals surface area contributed by atoms with Gasteiger partial charge in [0.05, 0.1) is 6.54 Å². The van der Waals surface area contributed by atoms with Crippen LogP contribution in [0.4, 0.5) is 0 Å². The van der Waals surface area contributed by atoms with Crippen LogP contribution in [0.15, 0.2) is 5.11 Å². The standard InChI is InChI=1S/C5H7N3O4/c6-8-7-1-2-3(9)4(10)5(11)12-2/h2-4,9-10H,1H2/t2-,3-,4+/m1/s1. The van der Waals surface area contributed by atoms with Crippen molar-refractivity contribution in [2.24, 2.45) is 5.11 Å². The van der Waals surface area contributed by atoms with Gasteiger partial charge in [0.15, 0.2) is 6.10 Å². The van der Waals surface area contributed by atoms with Crippen LogP contribution in [0.3, 0.4) is 0 Å². The Kier molecular flexibility index (Phi) is 2.49. The summed E-state index contributed by atoms with van der Waals surface area (Å²) in [6.07, 6.45) is -3.75. The average Bonchev–Trinajstić information content (AvgIpc) is 2.30. The van der Waals surface area contributed by atoms with Gasteiger partial charge in [-0.15, -0.1) is 0 Å². The normalized spacial score (nSPS) is 34.2. The van der Waals surface area contributed by atoms with E-state index in [9.17, 15) is 4.79 Å². The number of hydrogen-bond donors (Lipinski definition) is 2. The molecule has 3 atom stereocenters. The molecule has 2 N–H and O–H groups in total. The monoisotopic (exact) mass is 173 g/mol. The highest BCUT2D eigenvalue weighted by Crippen LogP contribution is 2.15. The molecule has 1 aliphatic rings. The zero-order chi connectivity index (χ0) is 9.14. The zero-order valence-electron chi connectivity index (χ0n) is 5.99. The van der Waals surface area contributed by atoms with Gasteiger partial charge in [0.25, 0.3) is 0 Å². The van der Waals surface area contributed by atoms with E-state index in [4.69, 9.17) is 15.7 Å². The van der Waals surface area contributed by atoms with Crippen molar-refractivity contribution in [3.63, 3.8) is 0 Å². The lowest BCUT2D eigenvalue weighted by Gasteiger charge is -2.08. The van der Waals surface area contributed by atoms with E-state index in [1.54, 1.807) is 0 Å². The number of azide groups is 1. The molecule has 12 heavy (non-hydrogen) atoms. The van der Waals surface area contributed by atoms with Crippen LogP contribution in [0, 0.1) is 0 Å². The Labute approximate surface area is 67.2 Å². The Bertz CT molecular complexity index is 235. The summed E-state index contributed by atoms with van der Waals surface area (Å²) in [7, 11) is 0. The fourth-order valence-electron chi connectivity index (χ4n) is 0.894. The first-order chi connectivity index (χ1) is 5.66. The van der Waals surface area contributed by atoms with Crippen molar-refractivity contribution in [1.29, 1.82) is 0 Å².